The number of hydrogen-bond acceptors (Lipinski definition) is 6. The van der Waals surface area contributed by atoms with E-state index in [0.717, 1.165) is 26.1 Å². The highest BCUT2D eigenvalue weighted by atomic mass is 32.2. The number of ketones is 1. The van der Waals surface area contributed by atoms with Crippen LogP contribution in [0.1, 0.15) is 44.5 Å². The molecule has 2 aromatic carbocycles. The summed E-state index contributed by atoms with van der Waals surface area (Å²) in [6.45, 7) is 10.8. The van der Waals surface area contributed by atoms with Gasteiger partial charge in [-0.15, -0.1) is 0 Å². The second kappa shape index (κ2) is 11.9. The molecule has 0 saturated carbocycles. The van der Waals surface area contributed by atoms with Crippen LogP contribution in [0.15, 0.2) is 58.5 Å². The second-order valence-corrected chi connectivity index (χ2v) is 9.41. The smallest absolute Gasteiger partial charge is 0.262 e. The van der Waals surface area contributed by atoms with Crippen molar-refractivity contribution in [2.75, 3.05) is 25.0 Å². The van der Waals surface area contributed by atoms with Gasteiger partial charge in [0.2, 0.25) is 5.91 Å². The highest BCUT2D eigenvalue weighted by Gasteiger charge is 2.21. The first-order chi connectivity index (χ1) is 16.3. The molecule has 1 heterocycles. The lowest BCUT2D eigenvalue weighted by molar-refractivity contribution is -0.115. The zero-order valence-electron chi connectivity index (χ0n) is 20.2. The van der Waals surface area contributed by atoms with Crippen molar-refractivity contribution in [3.05, 3.63) is 64.4 Å². The number of carbonyl (C=O) groups excluding carboxylic acids is 2. The van der Waals surface area contributed by atoms with Crippen LogP contribution in [0.3, 0.4) is 0 Å². The molecule has 0 spiro atoms. The average Bonchev–Trinajstić information content (AvgIpc) is 2.83. The van der Waals surface area contributed by atoms with E-state index in [1.807, 2.05) is 18.2 Å². The Balaban J connectivity index is 1.85. The topological polar surface area (TPSA) is 84.3 Å². The Morgan fingerprint density at radius 1 is 1.09 bits per heavy atom. The number of nitrogens with zero attached hydrogens (tertiary/aromatic N) is 3. The molecule has 0 fully saturated rings. The van der Waals surface area contributed by atoms with Gasteiger partial charge in [0.05, 0.1) is 21.8 Å². The summed E-state index contributed by atoms with van der Waals surface area (Å²) >= 11 is 1.25. The van der Waals surface area contributed by atoms with Crippen LogP contribution in [0.25, 0.3) is 10.9 Å². The van der Waals surface area contributed by atoms with Gasteiger partial charge in [-0.2, -0.15) is 0 Å². The second-order valence-electron chi connectivity index (χ2n) is 8.10. The van der Waals surface area contributed by atoms with Gasteiger partial charge in [0.25, 0.3) is 5.56 Å². The Hall–Kier alpha value is -2.97. The molecule has 0 bridgehead atoms. The summed E-state index contributed by atoms with van der Waals surface area (Å²) in [5.74, 6) is -0.370. The molecule has 1 amide bonds. The van der Waals surface area contributed by atoms with E-state index in [2.05, 4.69) is 24.1 Å². The number of hydrogen-bond donors (Lipinski definition) is 1. The first kappa shape index (κ1) is 25.6. The molecule has 7 nitrogen and oxygen atoms in total. The fourth-order valence-electron chi connectivity index (χ4n) is 3.77. The van der Waals surface area contributed by atoms with E-state index in [4.69, 9.17) is 4.98 Å². The monoisotopic (exact) mass is 480 g/mol. The Morgan fingerprint density at radius 3 is 2.47 bits per heavy atom. The number of carbonyl (C=O) groups is 2. The average molecular weight is 481 g/mol. The molecule has 1 aromatic heterocycles. The van der Waals surface area contributed by atoms with E-state index in [1.54, 1.807) is 41.8 Å². The molecule has 0 radical (unpaired) electrons. The SMILES string of the molecule is CCN(CC)CCCn1c(SC(C)C(=O)Nc2ccccc2C(C)=O)nc2ccccc2c1=O. The largest absolute Gasteiger partial charge is 0.324 e. The molecular weight excluding hydrogens is 448 g/mol. The molecule has 0 saturated heterocycles. The van der Waals surface area contributed by atoms with Gasteiger partial charge in [-0.25, -0.2) is 4.98 Å². The van der Waals surface area contributed by atoms with Gasteiger partial charge in [-0.1, -0.05) is 49.9 Å². The zero-order valence-corrected chi connectivity index (χ0v) is 21.0. The molecular formula is C26H32N4O3S. The minimum atomic E-state index is -0.526. The minimum Gasteiger partial charge on any atom is -0.324 e. The first-order valence-corrected chi connectivity index (χ1v) is 12.5. The lowest BCUT2D eigenvalue weighted by Gasteiger charge is -2.20. The third kappa shape index (κ3) is 6.12. The number of Topliss-reactive ketones (excluding diaryl/α,β-unsaturated/α-hetero) is 1. The van der Waals surface area contributed by atoms with Crippen molar-refractivity contribution in [3.63, 3.8) is 0 Å². The van der Waals surface area contributed by atoms with Crippen LogP contribution in [0.5, 0.6) is 0 Å². The summed E-state index contributed by atoms with van der Waals surface area (Å²) in [5.41, 5.74) is 1.47. The number of amides is 1. The summed E-state index contributed by atoms with van der Waals surface area (Å²) in [7, 11) is 0. The normalized spacial score (nSPS) is 12.1. The van der Waals surface area contributed by atoms with Crippen molar-refractivity contribution in [2.24, 2.45) is 0 Å². The van der Waals surface area contributed by atoms with Crippen molar-refractivity contribution in [1.82, 2.24) is 14.5 Å². The lowest BCUT2D eigenvalue weighted by atomic mass is 10.1. The number of nitrogens with one attached hydrogen (secondary N) is 1. The van der Waals surface area contributed by atoms with Gasteiger partial charge in [0, 0.05) is 12.1 Å². The van der Waals surface area contributed by atoms with Gasteiger partial charge in [-0.3, -0.25) is 19.0 Å². The van der Waals surface area contributed by atoms with Crippen molar-refractivity contribution >= 4 is 40.0 Å². The Morgan fingerprint density at radius 2 is 1.76 bits per heavy atom. The molecule has 0 aliphatic heterocycles. The third-order valence-electron chi connectivity index (χ3n) is 5.79. The summed E-state index contributed by atoms with van der Waals surface area (Å²) in [6, 6.07) is 14.2. The molecule has 3 aromatic rings. The Labute approximate surface area is 204 Å². The predicted molar refractivity (Wildman–Crippen MR) is 139 cm³/mol. The van der Waals surface area contributed by atoms with Gasteiger partial charge in [0.15, 0.2) is 10.9 Å². The maximum Gasteiger partial charge on any atom is 0.262 e. The number of para-hydroxylation sites is 2. The maximum atomic E-state index is 13.3. The number of fused-ring (bicyclic) bond motifs is 1. The Bertz CT molecular complexity index is 1220. The van der Waals surface area contributed by atoms with Gasteiger partial charge in [-0.05, 0) is 64.2 Å². The molecule has 3 rings (SSSR count). The van der Waals surface area contributed by atoms with Crippen molar-refractivity contribution < 1.29 is 9.59 Å². The highest BCUT2D eigenvalue weighted by Crippen LogP contribution is 2.25. The highest BCUT2D eigenvalue weighted by molar-refractivity contribution is 8.00. The molecule has 180 valence electrons. The van der Waals surface area contributed by atoms with E-state index >= 15 is 0 Å². The van der Waals surface area contributed by atoms with Crippen LogP contribution in [0.4, 0.5) is 5.69 Å². The molecule has 0 aliphatic carbocycles. The summed E-state index contributed by atoms with van der Waals surface area (Å²) in [6.07, 6.45) is 0.807. The summed E-state index contributed by atoms with van der Waals surface area (Å²) in [5, 5.41) is 3.42. The van der Waals surface area contributed by atoms with Crippen LogP contribution in [0, 0.1) is 0 Å². The van der Waals surface area contributed by atoms with E-state index in [9.17, 15) is 14.4 Å². The van der Waals surface area contributed by atoms with E-state index < -0.39 is 5.25 Å². The molecule has 1 unspecified atom stereocenters. The van der Waals surface area contributed by atoms with Gasteiger partial charge in [0.1, 0.15) is 0 Å². The van der Waals surface area contributed by atoms with E-state index in [0.29, 0.717) is 33.9 Å². The van der Waals surface area contributed by atoms with Crippen LogP contribution in [-0.4, -0.2) is 51.0 Å². The maximum absolute atomic E-state index is 13.3. The predicted octanol–water partition coefficient (Wildman–Crippen LogP) is 4.45. The van der Waals surface area contributed by atoms with Crippen molar-refractivity contribution in [1.29, 1.82) is 0 Å². The zero-order chi connectivity index (χ0) is 24.7. The van der Waals surface area contributed by atoms with E-state index in [1.165, 1.54) is 18.7 Å². The standard InChI is InChI=1S/C26H32N4O3S/c1-5-29(6-2)16-11-17-30-25(33)21-13-8-10-15-23(21)28-26(30)34-19(4)24(32)27-22-14-9-7-12-20(22)18(3)31/h7-10,12-15,19H,5-6,11,16-17H2,1-4H3,(H,27,32). The van der Waals surface area contributed by atoms with Gasteiger partial charge >= 0.3 is 0 Å². The number of aromatic nitrogens is 2. The molecule has 1 N–H and O–H groups in total. The van der Waals surface area contributed by atoms with Crippen LogP contribution >= 0.6 is 11.8 Å². The molecule has 34 heavy (non-hydrogen) atoms. The number of rotatable bonds is 11. The summed E-state index contributed by atoms with van der Waals surface area (Å²) < 4.78 is 1.68. The number of anilines is 1. The first-order valence-electron chi connectivity index (χ1n) is 11.6. The van der Waals surface area contributed by atoms with Gasteiger partial charge < -0.3 is 10.2 Å². The summed E-state index contributed by atoms with van der Waals surface area (Å²) in [4.78, 5) is 45.2. The van der Waals surface area contributed by atoms with Crippen molar-refractivity contribution in [2.45, 2.75) is 51.1 Å². The third-order valence-corrected chi connectivity index (χ3v) is 6.88. The fraction of sp³-hybridized carbons (Fsp3) is 0.385. The molecule has 1 atom stereocenters. The van der Waals surface area contributed by atoms with Crippen LogP contribution in [-0.2, 0) is 11.3 Å². The molecule has 0 aliphatic rings. The fourth-order valence-corrected chi connectivity index (χ4v) is 4.71. The number of benzene rings is 2. The molecule has 8 heteroatoms. The van der Waals surface area contributed by atoms with Crippen LogP contribution < -0.4 is 10.9 Å². The quantitative estimate of drug-likeness (QED) is 0.248. The van der Waals surface area contributed by atoms with Crippen molar-refractivity contribution in [3.8, 4) is 0 Å². The van der Waals surface area contributed by atoms with Crippen LogP contribution in [0.2, 0.25) is 0 Å². The minimum absolute atomic E-state index is 0.0952. The Kier molecular flexibility index (Phi) is 9.01. The lowest BCUT2D eigenvalue weighted by Crippen LogP contribution is -2.29. The number of thioether (sulfide) groups is 1. The van der Waals surface area contributed by atoms with E-state index in [-0.39, 0.29) is 17.2 Å².